The van der Waals surface area contributed by atoms with Gasteiger partial charge in [0.25, 0.3) is 0 Å². The highest BCUT2D eigenvalue weighted by Crippen LogP contribution is 2.18. The quantitative estimate of drug-likeness (QED) is 0.486. The number of hydrogen-bond acceptors (Lipinski definition) is 5. The first-order valence-electron chi connectivity index (χ1n) is 10.4. The van der Waals surface area contributed by atoms with Gasteiger partial charge in [0.05, 0.1) is 24.1 Å². The predicted molar refractivity (Wildman–Crippen MR) is 126 cm³/mol. The molecule has 0 saturated heterocycles. The van der Waals surface area contributed by atoms with Gasteiger partial charge in [0.1, 0.15) is 0 Å². The molecule has 33 heavy (non-hydrogen) atoms. The molecule has 3 aromatic rings. The number of hydrogen-bond donors (Lipinski definition) is 1. The van der Waals surface area contributed by atoms with Crippen molar-refractivity contribution in [3.8, 4) is 0 Å². The Kier molecular flexibility index (Phi) is 7.97. The topological polar surface area (TPSA) is 92.8 Å². The second-order valence-corrected chi connectivity index (χ2v) is 9.44. The average molecular weight is 467 g/mol. The van der Waals surface area contributed by atoms with E-state index < -0.39 is 21.9 Å². The van der Waals surface area contributed by atoms with Crippen molar-refractivity contribution in [1.29, 1.82) is 0 Å². The number of ether oxygens (including phenoxy) is 1. The number of nitrogens with zero attached hydrogens (tertiary/aromatic N) is 1. The Morgan fingerprint density at radius 1 is 0.909 bits per heavy atom. The van der Waals surface area contributed by atoms with E-state index in [1.165, 1.54) is 23.5 Å². The summed E-state index contributed by atoms with van der Waals surface area (Å²) in [5.41, 5.74) is 2.71. The van der Waals surface area contributed by atoms with E-state index in [-0.39, 0.29) is 18.0 Å². The van der Waals surface area contributed by atoms with Crippen molar-refractivity contribution in [2.45, 2.75) is 18.2 Å². The monoisotopic (exact) mass is 466 g/mol. The lowest BCUT2D eigenvalue weighted by Crippen LogP contribution is -2.39. The lowest BCUT2D eigenvalue weighted by molar-refractivity contribution is -0.116. The van der Waals surface area contributed by atoms with Crippen LogP contribution in [0.3, 0.4) is 0 Å². The van der Waals surface area contributed by atoms with Crippen LogP contribution < -0.4 is 5.32 Å². The number of amides is 1. The van der Waals surface area contributed by atoms with Gasteiger partial charge >= 0.3 is 5.97 Å². The van der Waals surface area contributed by atoms with E-state index in [9.17, 15) is 18.0 Å². The molecule has 0 unspecified atom stereocenters. The molecular formula is C25H26N2O5S. The molecule has 0 fully saturated rings. The largest absolute Gasteiger partial charge is 0.465 e. The molecule has 172 valence electrons. The van der Waals surface area contributed by atoms with Gasteiger partial charge in [-0.25, -0.2) is 13.2 Å². The van der Waals surface area contributed by atoms with Crippen molar-refractivity contribution in [1.82, 2.24) is 4.31 Å². The minimum absolute atomic E-state index is 0.136. The number of anilines is 1. The summed E-state index contributed by atoms with van der Waals surface area (Å²) in [7, 11) is -2.60. The Hall–Kier alpha value is -3.49. The van der Waals surface area contributed by atoms with Crippen LogP contribution in [-0.4, -0.2) is 44.8 Å². The maximum atomic E-state index is 13.3. The molecule has 0 aromatic heterocycles. The smallest absolute Gasteiger partial charge is 0.337 e. The van der Waals surface area contributed by atoms with Crippen LogP contribution in [0.4, 0.5) is 5.69 Å². The molecule has 0 bridgehead atoms. The van der Waals surface area contributed by atoms with Crippen LogP contribution in [0.15, 0.2) is 83.8 Å². The molecule has 0 aliphatic carbocycles. The van der Waals surface area contributed by atoms with E-state index in [0.717, 1.165) is 11.1 Å². The molecule has 0 aliphatic heterocycles. The van der Waals surface area contributed by atoms with E-state index >= 15 is 0 Å². The summed E-state index contributed by atoms with van der Waals surface area (Å²) in [6.07, 6.45) is 0.465. The molecule has 1 N–H and O–H groups in total. The van der Waals surface area contributed by atoms with Gasteiger partial charge in [-0.1, -0.05) is 48.0 Å². The van der Waals surface area contributed by atoms with Crippen LogP contribution in [0.2, 0.25) is 0 Å². The van der Waals surface area contributed by atoms with Gasteiger partial charge in [0.15, 0.2) is 0 Å². The second-order valence-electron chi connectivity index (χ2n) is 7.50. The fraction of sp³-hybridized carbons (Fsp3) is 0.200. The van der Waals surface area contributed by atoms with Crippen LogP contribution in [0.1, 0.15) is 21.5 Å². The van der Waals surface area contributed by atoms with Crippen molar-refractivity contribution in [2.24, 2.45) is 0 Å². The minimum atomic E-state index is -3.89. The van der Waals surface area contributed by atoms with Gasteiger partial charge in [0.2, 0.25) is 15.9 Å². The Bertz CT molecular complexity index is 1190. The van der Waals surface area contributed by atoms with E-state index in [1.807, 2.05) is 37.3 Å². The van der Waals surface area contributed by atoms with Crippen molar-refractivity contribution >= 4 is 27.6 Å². The first-order chi connectivity index (χ1) is 15.8. The number of esters is 1. The molecule has 0 radical (unpaired) electrons. The predicted octanol–water partition coefficient (Wildman–Crippen LogP) is 3.65. The van der Waals surface area contributed by atoms with Crippen molar-refractivity contribution in [2.75, 3.05) is 25.5 Å². The van der Waals surface area contributed by atoms with Gasteiger partial charge in [0, 0.05) is 12.2 Å². The average Bonchev–Trinajstić information content (AvgIpc) is 2.82. The summed E-state index contributed by atoms with van der Waals surface area (Å²) in [5, 5.41) is 2.69. The summed E-state index contributed by atoms with van der Waals surface area (Å²) in [6, 6.07) is 22.2. The summed E-state index contributed by atoms with van der Waals surface area (Å²) >= 11 is 0. The van der Waals surface area contributed by atoms with E-state index in [0.29, 0.717) is 17.7 Å². The molecule has 0 aliphatic rings. The number of rotatable bonds is 9. The zero-order valence-electron chi connectivity index (χ0n) is 18.5. The molecule has 0 saturated carbocycles. The highest BCUT2D eigenvalue weighted by atomic mass is 32.2. The summed E-state index contributed by atoms with van der Waals surface area (Å²) < 4.78 is 32.4. The van der Waals surface area contributed by atoms with Gasteiger partial charge in [-0.2, -0.15) is 4.31 Å². The summed E-state index contributed by atoms with van der Waals surface area (Å²) in [4.78, 5) is 24.4. The maximum absolute atomic E-state index is 13.3. The number of benzene rings is 3. The molecule has 0 spiro atoms. The van der Waals surface area contributed by atoms with Crippen LogP contribution in [0.25, 0.3) is 0 Å². The Balaban J connectivity index is 1.77. The highest BCUT2D eigenvalue weighted by molar-refractivity contribution is 7.89. The number of carbonyl (C=O) groups excluding carboxylic acids is 2. The van der Waals surface area contributed by atoms with E-state index in [1.54, 1.807) is 36.4 Å². The lowest BCUT2D eigenvalue weighted by Gasteiger charge is -2.22. The van der Waals surface area contributed by atoms with Gasteiger partial charge in [-0.05, 0) is 55.3 Å². The van der Waals surface area contributed by atoms with Gasteiger partial charge < -0.3 is 10.1 Å². The normalized spacial score (nSPS) is 11.2. The third kappa shape index (κ3) is 6.50. The molecule has 3 aromatic carbocycles. The standard InChI is InChI=1S/C25H26N2O5S/c1-19-8-14-23(15-9-19)33(30,31)27(17-16-20-6-4-3-5-7-20)18-24(28)26-22-12-10-21(11-13-22)25(29)32-2/h3-15H,16-18H2,1-2H3,(H,26,28). The Labute approximate surface area is 194 Å². The third-order valence-corrected chi connectivity index (χ3v) is 6.92. The number of carbonyl (C=O) groups is 2. The zero-order valence-corrected chi connectivity index (χ0v) is 19.3. The number of nitrogens with one attached hydrogen (secondary N) is 1. The number of sulfonamides is 1. The minimum Gasteiger partial charge on any atom is -0.465 e. The SMILES string of the molecule is COC(=O)c1ccc(NC(=O)CN(CCc2ccccc2)S(=O)(=O)c2ccc(C)cc2)cc1. The first-order valence-corrected chi connectivity index (χ1v) is 11.8. The molecule has 8 heteroatoms. The summed E-state index contributed by atoms with van der Waals surface area (Å²) in [5.74, 6) is -0.964. The molecule has 0 atom stereocenters. The van der Waals surface area contributed by atoms with Crippen molar-refractivity contribution in [3.63, 3.8) is 0 Å². The van der Waals surface area contributed by atoms with Crippen LogP contribution in [0.5, 0.6) is 0 Å². The van der Waals surface area contributed by atoms with E-state index in [4.69, 9.17) is 0 Å². The second kappa shape index (κ2) is 10.9. The van der Waals surface area contributed by atoms with Crippen LogP contribution in [-0.2, 0) is 26.0 Å². The van der Waals surface area contributed by atoms with Crippen molar-refractivity contribution in [3.05, 3.63) is 95.6 Å². The Morgan fingerprint density at radius 2 is 1.55 bits per heavy atom. The first kappa shape index (κ1) is 24.2. The fourth-order valence-electron chi connectivity index (χ4n) is 3.21. The molecule has 3 rings (SSSR count). The molecular weight excluding hydrogens is 440 g/mol. The molecule has 7 nitrogen and oxygen atoms in total. The highest BCUT2D eigenvalue weighted by Gasteiger charge is 2.26. The third-order valence-electron chi connectivity index (χ3n) is 5.06. The summed E-state index contributed by atoms with van der Waals surface area (Å²) in [6.45, 7) is 1.68. The van der Waals surface area contributed by atoms with Crippen molar-refractivity contribution < 1.29 is 22.7 Å². The zero-order chi connectivity index (χ0) is 23.8. The van der Waals surface area contributed by atoms with Crippen LogP contribution in [0, 0.1) is 6.92 Å². The number of methoxy groups -OCH3 is 1. The number of aryl methyl sites for hydroxylation is 1. The van der Waals surface area contributed by atoms with Gasteiger partial charge in [-0.3, -0.25) is 4.79 Å². The van der Waals surface area contributed by atoms with Gasteiger partial charge in [-0.15, -0.1) is 0 Å². The molecule has 0 heterocycles. The fourth-order valence-corrected chi connectivity index (χ4v) is 4.61. The van der Waals surface area contributed by atoms with E-state index in [2.05, 4.69) is 10.1 Å². The van der Waals surface area contributed by atoms with Crippen LogP contribution >= 0.6 is 0 Å². The lowest BCUT2D eigenvalue weighted by atomic mass is 10.1. The maximum Gasteiger partial charge on any atom is 0.337 e. The Morgan fingerprint density at radius 3 is 2.15 bits per heavy atom. The molecule has 1 amide bonds.